The van der Waals surface area contributed by atoms with Gasteiger partial charge in [-0.1, -0.05) is 92.4 Å². The van der Waals surface area contributed by atoms with Crippen molar-refractivity contribution >= 4 is 23.9 Å². The van der Waals surface area contributed by atoms with Gasteiger partial charge in [-0.25, -0.2) is 0 Å². The molecule has 0 amide bonds. The molecule has 0 aromatic heterocycles. The molecule has 0 radical (unpaired) electrons. The van der Waals surface area contributed by atoms with E-state index in [1.165, 1.54) is 11.1 Å². The molecular weight excluding hydrogens is 885 g/mol. The summed E-state index contributed by atoms with van der Waals surface area (Å²) >= 11 is 0. The monoisotopic (exact) mass is 971 g/mol. The van der Waals surface area contributed by atoms with E-state index >= 15 is 0 Å². The van der Waals surface area contributed by atoms with Crippen LogP contribution in [0.2, 0.25) is 0 Å². The van der Waals surface area contributed by atoms with E-state index in [-0.39, 0.29) is 49.9 Å². The number of guanidine groups is 1. The lowest BCUT2D eigenvalue weighted by Gasteiger charge is -2.23. The molecule has 0 saturated heterocycles. The molecule has 69 heavy (non-hydrogen) atoms. The summed E-state index contributed by atoms with van der Waals surface area (Å²) in [5.74, 6) is -2.86. The van der Waals surface area contributed by atoms with Gasteiger partial charge in [0.25, 0.3) is 0 Å². The van der Waals surface area contributed by atoms with E-state index in [1.807, 2.05) is 60.7 Å². The van der Waals surface area contributed by atoms with Gasteiger partial charge in [0, 0.05) is 18.8 Å². The minimum Gasteiger partial charge on any atom is -0.550 e. The van der Waals surface area contributed by atoms with Crippen LogP contribution in [0, 0.1) is 23.7 Å². The average molecular weight is 971 g/mol. The summed E-state index contributed by atoms with van der Waals surface area (Å²) in [6.45, 7) is 0.557. The molecule has 0 aliphatic heterocycles. The third-order valence-electron chi connectivity index (χ3n) is 13.0. The van der Waals surface area contributed by atoms with Crippen molar-refractivity contribution in [3.63, 3.8) is 0 Å². The molecule has 15 N–H and O–H groups in total. The maximum absolute atomic E-state index is 10.5. The number of unbranched alkanes of at least 4 members (excludes halogenated alkanes) is 2. The number of quaternary nitrogens is 1. The number of benzene rings is 2. The first-order chi connectivity index (χ1) is 32.5. The minimum absolute atomic E-state index is 0. The number of rotatable bonds is 29. The summed E-state index contributed by atoms with van der Waals surface area (Å²) < 4.78 is 0. The lowest BCUT2D eigenvalue weighted by molar-refractivity contribution is -0.466. The molecule has 390 valence electrons. The normalized spacial score (nSPS) is 23.2. The van der Waals surface area contributed by atoms with Crippen molar-refractivity contribution in [1.82, 2.24) is 0 Å². The van der Waals surface area contributed by atoms with Crippen LogP contribution in [0.15, 0.2) is 85.0 Å². The van der Waals surface area contributed by atoms with Crippen LogP contribution in [-0.2, 0) is 27.2 Å². The lowest BCUT2D eigenvalue weighted by Crippen LogP contribution is -2.78. The molecule has 0 bridgehead atoms. The second-order valence-electron chi connectivity index (χ2n) is 18.4. The van der Waals surface area contributed by atoms with E-state index in [2.05, 4.69) is 35.0 Å². The number of carboxylic acid groups (broad SMARTS) is 3. The highest BCUT2D eigenvalue weighted by atomic mass is 16.4. The Morgan fingerprint density at radius 2 is 1.06 bits per heavy atom. The summed E-state index contributed by atoms with van der Waals surface area (Å²) in [6, 6.07) is 19.5. The lowest BCUT2D eigenvalue weighted by atomic mass is 9.85. The van der Waals surface area contributed by atoms with Crippen LogP contribution >= 0.6 is 0 Å². The van der Waals surface area contributed by atoms with Crippen molar-refractivity contribution in [2.24, 2.45) is 35.1 Å². The third-order valence-corrected chi connectivity index (χ3v) is 13.0. The van der Waals surface area contributed by atoms with Crippen molar-refractivity contribution in [3.8, 4) is 0 Å². The van der Waals surface area contributed by atoms with Crippen molar-refractivity contribution in [2.75, 3.05) is 6.54 Å². The van der Waals surface area contributed by atoms with Crippen molar-refractivity contribution < 1.29 is 71.1 Å². The Kier molecular flexibility index (Phi) is 32.8. The SMILES string of the molecule is C.NC(N)=[NH+]CCC[C@H]([NH3+])C(=O)[O-].O=C(O)CCC/C=C\C[C@@H]1[C@@H](CC[C@@H](O)CCc2ccccc2)[C@H](O)C[C@@H]1O.O=C([O-])CCC/C=C\C[C@@H]1[C@@H](CC[C@@H](O)CCc2ccccc2)[C@H](O)C[C@@H]1O. The smallest absolute Gasteiger partial charge is 0.338 e. The largest absolute Gasteiger partial charge is 0.550 e. The number of aliphatic hydroxyl groups excluding tert-OH is 6. The number of nitrogens with two attached hydrogens (primary N) is 2. The van der Waals surface area contributed by atoms with Crippen LogP contribution in [0.5, 0.6) is 0 Å². The highest BCUT2D eigenvalue weighted by molar-refractivity contribution is 5.69. The Morgan fingerprint density at radius 1 is 0.638 bits per heavy atom. The zero-order valence-corrected chi connectivity index (χ0v) is 39.8. The zero-order valence-electron chi connectivity index (χ0n) is 39.8. The van der Waals surface area contributed by atoms with Gasteiger partial charge in [-0.05, 0) is 150 Å². The summed E-state index contributed by atoms with van der Waals surface area (Å²) in [5, 5.41) is 91.1. The number of carbonyl (C=O) groups excluding carboxylic acids is 2. The van der Waals surface area contributed by atoms with E-state index in [4.69, 9.17) is 16.6 Å². The number of nitrogens with one attached hydrogen (secondary N) is 1. The van der Waals surface area contributed by atoms with Gasteiger partial charge >= 0.3 is 11.9 Å². The van der Waals surface area contributed by atoms with Gasteiger partial charge in [0.15, 0.2) is 0 Å². The molecule has 2 aliphatic carbocycles. The predicted molar refractivity (Wildman–Crippen MR) is 262 cm³/mol. The number of aliphatic hydroxyl groups is 6. The average Bonchev–Trinajstić information content (AvgIpc) is 3.74. The van der Waals surface area contributed by atoms with Crippen molar-refractivity contribution in [3.05, 3.63) is 96.1 Å². The minimum atomic E-state index is -1.13. The Morgan fingerprint density at radius 3 is 1.45 bits per heavy atom. The Balaban J connectivity index is 0.000000555. The summed E-state index contributed by atoms with van der Waals surface area (Å²) in [4.78, 5) is 33.8. The van der Waals surface area contributed by atoms with Crippen molar-refractivity contribution in [1.29, 1.82) is 0 Å². The highest BCUT2D eigenvalue weighted by Crippen LogP contribution is 2.40. The molecule has 0 spiro atoms. The van der Waals surface area contributed by atoms with E-state index in [9.17, 15) is 55.2 Å². The van der Waals surface area contributed by atoms with Gasteiger partial charge in [-0.3, -0.25) is 21.3 Å². The number of hydrogen-bond acceptors (Lipinski definition) is 11. The number of hydrogen-bond donors (Lipinski definition) is 11. The first kappa shape index (κ1) is 62.3. The van der Waals surface area contributed by atoms with Crippen LogP contribution in [0.25, 0.3) is 0 Å². The molecule has 4 rings (SSSR count). The topological polar surface area (TPSA) is 333 Å². The molecule has 16 nitrogen and oxygen atoms in total. The standard InChI is InChI=1S/2C23H34O5.C6H14N4O2.CH4/c2*24-18(13-12-17-8-4-3-5-9-17)14-15-20-19(21(25)16-22(20)26)10-6-1-2-7-11-23(27)28;7-4(5(11)12)2-1-3-10-6(8)9;/h2*1,3-6,8-9,18-22,24-26H,2,7,10-16H2,(H,27,28);4H,1-3,7H2,(H,11,12)(H4,8,9,10);1H4/b2*6-1-;;/t2*18-,19+,20+,21-,22+;4-;/m000./s1. The molecule has 0 unspecified atom stereocenters. The zero-order chi connectivity index (χ0) is 50.3. The van der Waals surface area contributed by atoms with Gasteiger partial charge in [0.1, 0.15) is 6.04 Å². The van der Waals surface area contributed by atoms with Gasteiger partial charge < -0.3 is 61.3 Å². The summed E-state index contributed by atoms with van der Waals surface area (Å²) in [6.07, 6.45) is 16.6. The molecule has 2 saturated carbocycles. The molecular formula is C53H86N4O12. The fraction of sp³-hybridized carbons (Fsp3) is 0.623. The third kappa shape index (κ3) is 27.9. The molecule has 2 aromatic rings. The second-order valence-corrected chi connectivity index (χ2v) is 18.4. The number of carboxylic acids is 3. The van der Waals surface area contributed by atoms with Crippen LogP contribution in [-0.4, -0.2) is 109 Å². The number of carbonyl (C=O) groups is 3. The maximum atomic E-state index is 10.5. The van der Waals surface area contributed by atoms with Gasteiger partial charge in [-0.2, -0.15) is 0 Å². The van der Waals surface area contributed by atoms with Gasteiger partial charge in [-0.15, -0.1) is 0 Å². The number of allylic oxidation sites excluding steroid dienone is 4. The van der Waals surface area contributed by atoms with Crippen LogP contribution in [0.1, 0.15) is 134 Å². The van der Waals surface area contributed by atoms with E-state index in [0.717, 1.165) is 12.8 Å². The van der Waals surface area contributed by atoms with E-state index in [1.54, 1.807) is 0 Å². The van der Waals surface area contributed by atoms with E-state index < -0.39 is 60.6 Å². The Bertz CT molecular complexity index is 1660. The van der Waals surface area contributed by atoms with Crippen molar-refractivity contribution in [2.45, 2.75) is 179 Å². The van der Waals surface area contributed by atoms with E-state index in [0.29, 0.717) is 109 Å². The van der Waals surface area contributed by atoms with Crippen LogP contribution in [0.3, 0.4) is 0 Å². The molecule has 2 aliphatic rings. The predicted octanol–water partition coefficient (Wildman–Crippen LogP) is 0.421. The molecule has 0 heterocycles. The van der Waals surface area contributed by atoms with Crippen LogP contribution < -0.4 is 32.4 Å². The molecule has 2 fully saturated rings. The molecule has 16 heteroatoms. The molecule has 2 aromatic carbocycles. The second kappa shape index (κ2) is 36.3. The first-order valence-electron chi connectivity index (χ1n) is 24.5. The first-order valence-corrected chi connectivity index (χ1v) is 24.5. The quantitative estimate of drug-likeness (QED) is 0.0228. The highest BCUT2D eigenvalue weighted by Gasteiger charge is 2.41. The summed E-state index contributed by atoms with van der Waals surface area (Å²) in [5.41, 5.74) is 16.0. The molecule has 11 atom stereocenters. The fourth-order valence-electron chi connectivity index (χ4n) is 9.00. The van der Waals surface area contributed by atoms with Gasteiger partial charge in [0.2, 0.25) is 0 Å². The fourth-order valence-corrected chi connectivity index (χ4v) is 9.00. The number of aryl methyl sites for hydroxylation is 2. The Labute approximate surface area is 410 Å². The number of aliphatic carboxylic acids is 3. The Hall–Kier alpha value is -4.68. The van der Waals surface area contributed by atoms with Crippen LogP contribution in [0.4, 0.5) is 0 Å². The maximum Gasteiger partial charge on any atom is 0.338 e. The van der Waals surface area contributed by atoms with Gasteiger partial charge in [0.05, 0.1) is 49.1 Å². The summed E-state index contributed by atoms with van der Waals surface area (Å²) in [7, 11) is 0.